The van der Waals surface area contributed by atoms with Crippen molar-refractivity contribution in [3.63, 3.8) is 0 Å². The molecule has 3 rings (SSSR count). The van der Waals surface area contributed by atoms with Crippen LogP contribution >= 0.6 is 0 Å². The van der Waals surface area contributed by atoms with Crippen LogP contribution < -0.4 is 31.9 Å². The van der Waals surface area contributed by atoms with Gasteiger partial charge in [0.2, 0.25) is 12.2 Å². The molecule has 2 aliphatic heterocycles. The van der Waals surface area contributed by atoms with Crippen molar-refractivity contribution < 1.29 is 92.2 Å². The van der Waals surface area contributed by atoms with Crippen LogP contribution in [0.5, 0.6) is 0 Å². The minimum atomic E-state index is -1.94. The van der Waals surface area contributed by atoms with Crippen LogP contribution in [0.4, 0.5) is 19.2 Å². The summed E-state index contributed by atoms with van der Waals surface area (Å²) in [6.07, 6.45) is -14.7. The number of amides is 6. The predicted molar refractivity (Wildman–Crippen MR) is 281 cm³/mol. The maximum Gasteiger partial charge on any atom is 0.410 e. The lowest BCUT2D eigenvalue weighted by Crippen LogP contribution is -2.71. The van der Waals surface area contributed by atoms with Crippen LogP contribution in [0.2, 0.25) is 0 Å². The summed E-state index contributed by atoms with van der Waals surface area (Å²) in [5, 5.41) is 74.3. The number of carbonyl (C=O) groups excluding carboxylic acids is 6. The molecule has 2 heterocycles. The zero-order valence-corrected chi connectivity index (χ0v) is 48.8. The highest BCUT2D eigenvalue weighted by atomic mass is 16.7. The van der Waals surface area contributed by atoms with Gasteiger partial charge in [0.15, 0.2) is 6.29 Å². The maximum absolute atomic E-state index is 13.9. The number of hydrogen-bond acceptors (Lipinski definition) is 20. The SMILES string of the molecule is CN(C(=O)OC(C)(C)C)[C@@H]1[C@@H](O)[C@@H](O[C@@H]2[C@@H](O)[C@H](O[C@H]3OC(CNCC(O)CCNC(=O)OC(C)(C)C)=CC[C@H]3NC(=O)CC(C)(C)C)[C@@H](NC(=O)OC(C)(C)C)C[C@H]2NC(=O)[C@@H](O)CNC(=O)OC(C)(C)C)OC[C@]1(C)O. The van der Waals surface area contributed by atoms with Crippen molar-refractivity contribution in [2.45, 2.75) is 238 Å². The summed E-state index contributed by atoms with van der Waals surface area (Å²) in [6.45, 7) is 25.9. The fraction of sp³-hybridized carbons (Fsp3) is 0.846. The third-order valence-electron chi connectivity index (χ3n) is 11.7. The van der Waals surface area contributed by atoms with Crippen LogP contribution in [0.15, 0.2) is 11.8 Å². The Morgan fingerprint density at radius 1 is 0.705 bits per heavy atom. The molecule has 13 atom stereocenters. The van der Waals surface area contributed by atoms with Gasteiger partial charge in [0.1, 0.15) is 64.3 Å². The summed E-state index contributed by atoms with van der Waals surface area (Å²) in [5.41, 5.74) is -5.93. The van der Waals surface area contributed by atoms with E-state index in [4.69, 9.17) is 37.9 Å². The molecule has 3 aliphatic rings. The normalized spacial score (nSPS) is 27.8. The van der Waals surface area contributed by atoms with Crippen molar-refractivity contribution in [3.8, 4) is 0 Å². The first-order valence-electron chi connectivity index (χ1n) is 26.5. The summed E-state index contributed by atoms with van der Waals surface area (Å²) in [7, 11) is 1.30. The molecule has 0 bridgehead atoms. The Hall–Kier alpha value is -4.80. The average Bonchev–Trinajstić information content (AvgIpc) is 3.23. The van der Waals surface area contributed by atoms with Crippen molar-refractivity contribution in [2.24, 2.45) is 5.41 Å². The number of hydrogen-bond donors (Lipinski definition) is 11. The van der Waals surface area contributed by atoms with Crippen LogP contribution in [-0.2, 0) is 47.5 Å². The third kappa shape index (κ3) is 23.5. The Morgan fingerprint density at radius 3 is 1.78 bits per heavy atom. The molecule has 0 spiro atoms. The second kappa shape index (κ2) is 27.6. The van der Waals surface area contributed by atoms with Gasteiger partial charge in [-0.05, 0) is 121 Å². The van der Waals surface area contributed by atoms with E-state index in [1.54, 1.807) is 89.2 Å². The van der Waals surface area contributed by atoms with Crippen molar-refractivity contribution in [1.82, 2.24) is 36.8 Å². The molecule has 11 N–H and O–H groups in total. The van der Waals surface area contributed by atoms with Crippen molar-refractivity contribution in [1.29, 1.82) is 0 Å². The molecule has 1 saturated carbocycles. The third-order valence-corrected chi connectivity index (χ3v) is 11.7. The summed E-state index contributed by atoms with van der Waals surface area (Å²) >= 11 is 0. The molecule has 0 radical (unpaired) electrons. The molecular weight excluding hydrogens is 1030 g/mol. The van der Waals surface area contributed by atoms with Crippen LogP contribution in [0, 0.1) is 5.41 Å². The zero-order chi connectivity index (χ0) is 59.5. The van der Waals surface area contributed by atoms with E-state index in [0.717, 1.165) is 4.90 Å². The van der Waals surface area contributed by atoms with E-state index < -0.39 is 150 Å². The molecule has 2 fully saturated rings. The van der Waals surface area contributed by atoms with Crippen molar-refractivity contribution in [2.75, 3.05) is 39.8 Å². The molecule has 26 nitrogen and oxygen atoms in total. The first-order valence-corrected chi connectivity index (χ1v) is 26.5. The molecule has 0 aromatic heterocycles. The maximum atomic E-state index is 13.9. The van der Waals surface area contributed by atoms with Crippen molar-refractivity contribution in [3.05, 3.63) is 11.8 Å². The second-order valence-electron chi connectivity index (χ2n) is 25.6. The van der Waals surface area contributed by atoms with Gasteiger partial charge < -0.3 is 100 Å². The highest BCUT2D eigenvalue weighted by molar-refractivity contribution is 5.82. The standard InChI is InChI=1S/C52H93N7O19/c1-47(2,3)23-34(62)56-30-19-18-29(25-53-24-28(60)20-21-54-43(66)75-48(4,5)6)72-41(30)73-38-32(58-45(68)77-50(10,11)12)22-31(57-40(65)33(61)26-55-44(67)76-49(7,8)9)37(35(38)63)74-42-36(64)39(52(16,70)27-71-42)59(17)46(69)78-51(13,14)15/h18,28,30-33,35-39,41-42,53,60-61,63-64,70H,19-27H2,1-17H3,(H,54,66)(H,55,67)(H,56,62)(H,57,65)(H,58,68)/t28?,30-,31-,32+,33+,35-,36-,37+,38-,39-,41-,42-,52+/m1/s1. The smallest absolute Gasteiger partial charge is 0.410 e. The van der Waals surface area contributed by atoms with Gasteiger partial charge in [0, 0.05) is 26.6 Å². The molecule has 6 amide bonds. The van der Waals surface area contributed by atoms with E-state index in [9.17, 15) is 54.3 Å². The number of aliphatic hydroxyl groups excluding tert-OH is 4. The van der Waals surface area contributed by atoms with E-state index in [-0.39, 0.29) is 51.2 Å². The lowest BCUT2D eigenvalue weighted by atomic mass is 9.82. The number of alkyl carbamates (subject to hydrolysis) is 3. The first-order chi connectivity index (χ1) is 35.5. The average molecular weight is 1120 g/mol. The second-order valence-corrected chi connectivity index (χ2v) is 25.6. The molecule has 0 aromatic rings. The number of aliphatic hydroxyl groups is 5. The molecule has 1 unspecified atom stereocenters. The Kier molecular flexibility index (Phi) is 23.9. The molecular formula is C52H93N7O19. The zero-order valence-electron chi connectivity index (χ0n) is 48.8. The van der Waals surface area contributed by atoms with Crippen LogP contribution in [-0.4, -0.2) is 208 Å². The summed E-state index contributed by atoms with van der Waals surface area (Å²) in [5.74, 6) is -1.13. The highest BCUT2D eigenvalue weighted by Gasteiger charge is 2.55. The minimum Gasteiger partial charge on any atom is -0.466 e. The summed E-state index contributed by atoms with van der Waals surface area (Å²) < 4.78 is 47.0. The van der Waals surface area contributed by atoms with Gasteiger partial charge in [-0.15, -0.1) is 0 Å². The Bertz CT molecular complexity index is 2040. The number of nitrogens with zero attached hydrogens (tertiary/aromatic N) is 1. The molecule has 26 heteroatoms. The first kappa shape index (κ1) is 67.5. The van der Waals surface area contributed by atoms with Gasteiger partial charge in [-0.2, -0.15) is 0 Å². The van der Waals surface area contributed by atoms with E-state index in [0.29, 0.717) is 5.76 Å². The van der Waals surface area contributed by atoms with Gasteiger partial charge in [-0.1, -0.05) is 20.8 Å². The molecule has 450 valence electrons. The largest absolute Gasteiger partial charge is 0.466 e. The Balaban J connectivity index is 2.08. The molecule has 1 saturated heterocycles. The predicted octanol–water partition coefficient (Wildman–Crippen LogP) is 1.91. The number of rotatable bonds is 19. The lowest BCUT2D eigenvalue weighted by molar-refractivity contribution is -0.311. The highest BCUT2D eigenvalue weighted by Crippen LogP contribution is 2.35. The van der Waals surface area contributed by atoms with Gasteiger partial charge in [-0.3, -0.25) is 9.59 Å². The van der Waals surface area contributed by atoms with E-state index in [2.05, 4.69) is 31.9 Å². The topological polar surface area (TPSA) is 353 Å². The quantitative estimate of drug-likeness (QED) is 0.0823. The van der Waals surface area contributed by atoms with Gasteiger partial charge in [0.25, 0.3) is 5.91 Å². The Morgan fingerprint density at radius 2 is 1.23 bits per heavy atom. The minimum absolute atomic E-state index is 0.0381. The van der Waals surface area contributed by atoms with E-state index in [1.165, 1.54) is 14.0 Å². The fourth-order valence-electron chi connectivity index (χ4n) is 8.51. The van der Waals surface area contributed by atoms with Crippen LogP contribution in [0.25, 0.3) is 0 Å². The molecule has 0 aromatic carbocycles. The van der Waals surface area contributed by atoms with E-state index >= 15 is 0 Å². The lowest BCUT2D eigenvalue weighted by Gasteiger charge is -2.50. The van der Waals surface area contributed by atoms with Crippen LogP contribution in [0.3, 0.4) is 0 Å². The Labute approximate surface area is 459 Å². The molecule has 1 aliphatic carbocycles. The number of nitrogens with one attached hydrogen (secondary N) is 6. The van der Waals surface area contributed by atoms with Crippen LogP contribution in [0.1, 0.15) is 136 Å². The number of carbonyl (C=O) groups is 6. The summed E-state index contributed by atoms with van der Waals surface area (Å²) in [4.78, 5) is 80.0. The number of ether oxygens (including phenoxy) is 8. The van der Waals surface area contributed by atoms with E-state index in [1.807, 2.05) is 20.8 Å². The number of likely N-dealkylation sites (N-methyl/N-ethyl adjacent to an activating group) is 1. The monoisotopic (exact) mass is 1120 g/mol. The van der Waals surface area contributed by atoms with Crippen molar-refractivity contribution >= 4 is 36.2 Å². The van der Waals surface area contributed by atoms with Gasteiger partial charge in [0.05, 0.1) is 50.0 Å². The van der Waals surface area contributed by atoms with Gasteiger partial charge >= 0.3 is 24.4 Å². The molecule has 78 heavy (non-hydrogen) atoms. The van der Waals surface area contributed by atoms with Gasteiger partial charge in [-0.25, -0.2) is 19.2 Å². The fourth-order valence-corrected chi connectivity index (χ4v) is 8.51. The summed E-state index contributed by atoms with van der Waals surface area (Å²) in [6, 6.07) is -5.06.